The first-order chi connectivity index (χ1) is 27.0. The summed E-state index contributed by atoms with van der Waals surface area (Å²) in [6, 6.07) is 37.8. The molecule has 0 aromatic heterocycles. The minimum Gasteiger partial charge on any atom is -0.380 e. The fourth-order valence-corrected chi connectivity index (χ4v) is 7.27. The van der Waals surface area contributed by atoms with Crippen LogP contribution >= 0.6 is 0 Å². The van der Waals surface area contributed by atoms with E-state index in [-0.39, 0.29) is 38.9 Å². The molecule has 0 saturated heterocycles. The van der Waals surface area contributed by atoms with Crippen LogP contribution in [0.15, 0.2) is 146 Å². The van der Waals surface area contributed by atoms with Crippen molar-refractivity contribution < 1.29 is 38.7 Å². The maximum absolute atomic E-state index is 13.5. The lowest BCUT2D eigenvalue weighted by molar-refractivity contribution is 0.0747. The van der Waals surface area contributed by atoms with Gasteiger partial charge in [0.15, 0.2) is 5.78 Å². The van der Waals surface area contributed by atoms with Crippen LogP contribution in [0.25, 0.3) is 43.1 Å². The number of carbonyl (C=O) groups is 7. The van der Waals surface area contributed by atoms with Crippen LogP contribution in [0.2, 0.25) is 0 Å². The number of aliphatic hydroxyl groups is 1. The van der Waals surface area contributed by atoms with Crippen LogP contribution in [0.1, 0.15) is 84.2 Å². The smallest absolute Gasteiger partial charge is 0.233 e. The van der Waals surface area contributed by atoms with Crippen LogP contribution in [0.3, 0.4) is 0 Å². The first-order valence-electron chi connectivity index (χ1n) is 17.7. The van der Waals surface area contributed by atoms with E-state index in [2.05, 4.69) is 0 Å². The fraction of sp³-hybridized carbons (Fsp3) is 0.0208. The Hall–Kier alpha value is -7.55. The van der Waals surface area contributed by atoms with Crippen molar-refractivity contribution in [2.24, 2.45) is 0 Å². The lowest BCUT2D eigenvalue weighted by Crippen LogP contribution is -2.15. The number of carbonyl (C=O) groups excluding carboxylic acids is 7. The summed E-state index contributed by atoms with van der Waals surface area (Å²) in [5.41, 5.74) is 1.50. The zero-order chi connectivity index (χ0) is 38.8. The van der Waals surface area contributed by atoms with Crippen molar-refractivity contribution in [3.63, 3.8) is 0 Å². The summed E-state index contributed by atoms with van der Waals surface area (Å²) in [6.45, 7) is 0. The van der Waals surface area contributed by atoms with Gasteiger partial charge in [-0.1, -0.05) is 97.1 Å². The summed E-state index contributed by atoms with van der Waals surface area (Å²) >= 11 is 0. The van der Waals surface area contributed by atoms with Crippen molar-refractivity contribution >= 4 is 83.6 Å². The zero-order valence-electron chi connectivity index (χ0n) is 29.2. The van der Waals surface area contributed by atoms with Crippen LogP contribution in [0.4, 0.5) is 0 Å². The van der Waals surface area contributed by atoms with Gasteiger partial charge in [-0.25, -0.2) is 0 Å². The van der Waals surface area contributed by atoms with Gasteiger partial charge in [0.2, 0.25) is 34.7 Å². The van der Waals surface area contributed by atoms with E-state index in [1.807, 2.05) is 0 Å². The minimum atomic E-state index is -1.50. The highest BCUT2D eigenvalue weighted by Gasteiger charge is 2.25. The van der Waals surface area contributed by atoms with Crippen LogP contribution in [-0.2, 0) is 0 Å². The van der Waals surface area contributed by atoms with Gasteiger partial charge in [-0.3, -0.25) is 33.6 Å². The summed E-state index contributed by atoms with van der Waals surface area (Å²) in [5, 5.41) is 16.0. The third-order valence-electron chi connectivity index (χ3n) is 10.4. The first-order valence-corrected chi connectivity index (χ1v) is 17.7. The van der Waals surface area contributed by atoms with E-state index in [9.17, 15) is 38.7 Å². The van der Waals surface area contributed by atoms with Crippen molar-refractivity contribution in [1.29, 1.82) is 0 Å². The van der Waals surface area contributed by atoms with Crippen molar-refractivity contribution in [2.75, 3.05) is 0 Å². The normalized spacial score (nSPS) is 15.3. The van der Waals surface area contributed by atoms with E-state index in [1.165, 1.54) is 36.4 Å². The SMILES string of the molecule is O=C1C(=O)c2ccc3cc(ccc3c2)C(=O)C(=O)c2ccc3cc(ccc3c2)C(O)C(=O)c2ccc3cc(ccc3c2)C(=O)C(=O)c2ccc3cc1ccc3c2. The molecule has 1 atom stereocenters. The second-order valence-electron chi connectivity index (χ2n) is 13.9. The Morgan fingerprint density at radius 1 is 0.268 bits per heavy atom. The Kier molecular flexibility index (Phi) is 8.00. The Balaban J connectivity index is 1.13. The zero-order valence-corrected chi connectivity index (χ0v) is 29.2. The van der Waals surface area contributed by atoms with E-state index in [4.69, 9.17) is 0 Å². The molecule has 0 heterocycles. The predicted octanol–water partition coefficient (Wildman–Crippen LogP) is 8.73. The molecular formula is C48H26O8. The Bertz CT molecular complexity index is 3130. The molecule has 0 spiro atoms. The Morgan fingerprint density at radius 2 is 0.482 bits per heavy atom. The largest absolute Gasteiger partial charge is 0.380 e. The molecule has 15 aliphatic rings. The van der Waals surface area contributed by atoms with Crippen LogP contribution in [-0.4, -0.2) is 45.6 Å². The molecule has 56 heavy (non-hydrogen) atoms. The van der Waals surface area contributed by atoms with Gasteiger partial charge in [-0.2, -0.15) is 0 Å². The van der Waals surface area contributed by atoms with Gasteiger partial charge < -0.3 is 5.11 Å². The quantitative estimate of drug-likeness (QED) is 0.153. The Labute approximate surface area is 317 Å². The molecule has 8 heteroatoms. The molecule has 15 aliphatic carbocycles. The highest BCUT2D eigenvalue weighted by atomic mass is 16.3. The number of rotatable bonds is 0. The average molecular weight is 731 g/mol. The van der Waals surface area contributed by atoms with E-state index >= 15 is 0 Å². The van der Waals surface area contributed by atoms with Gasteiger partial charge in [0, 0.05) is 38.9 Å². The highest BCUT2D eigenvalue weighted by Crippen LogP contribution is 2.28. The molecule has 0 aliphatic heterocycles. The second kappa shape index (κ2) is 13.1. The van der Waals surface area contributed by atoms with Gasteiger partial charge >= 0.3 is 0 Å². The molecule has 1 N–H and O–H groups in total. The van der Waals surface area contributed by atoms with E-state index in [0.29, 0.717) is 48.7 Å². The van der Waals surface area contributed by atoms with E-state index in [0.717, 1.165) is 0 Å². The van der Waals surface area contributed by atoms with Crippen molar-refractivity contribution in [3.05, 3.63) is 190 Å². The second-order valence-corrected chi connectivity index (χ2v) is 13.9. The predicted molar refractivity (Wildman–Crippen MR) is 211 cm³/mol. The van der Waals surface area contributed by atoms with Crippen molar-refractivity contribution in [3.8, 4) is 0 Å². The average Bonchev–Trinajstić information content (AvgIpc) is 3.25. The molecule has 0 radical (unpaired) electrons. The molecule has 1 unspecified atom stereocenters. The van der Waals surface area contributed by atoms with E-state index in [1.54, 1.807) is 109 Å². The molecule has 8 aromatic carbocycles. The van der Waals surface area contributed by atoms with Crippen LogP contribution < -0.4 is 0 Å². The van der Waals surface area contributed by atoms with Gasteiger partial charge in [0.05, 0.1) is 0 Å². The summed E-state index contributed by atoms with van der Waals surface area (Å²) < 4.78 is 0. The number of aliphatic hydroxyl groups excluding tert-OH is 1. The summed E-state index contributed by atoms with van der Waals surface area (Å²) in [5.74, 6) is -4.92. The number of ketones is 7. The molecule has 0 amide bonds. The van der Waals surface area contributed by atoms with Crippen LogP contribution in [0.5, 0.6) is 0 Å². The fourth-order valence-electron chi connectivity index (χ4n) is 7.27. The third-order valence-corrected chi connectivity index (χ3v) is 10.4. The lowest BCUT2D eigenvalue weighted by Gasteiger charge is -2.13. The molecule has 8 aromatic rings. The van der Waals surface area contributed by atoms with Gasteiger partial charge in [0.1, 0.15) is 6.10 Å². The number of benzene rings is 8. The van der Waals surface area contributed by atoms with Gasteiger partial charge in [-0.15, -0.1) is 0 Å². The molecular weight excluding hydrogens is 705 g/mol. The number of Topliss-reactive ketones (excluding diaryl/α,β-unsaturated/α-hetero) is 7. The molecule has 266 valence electrons. The first kappa shape index (κ1) is 34.2. The van der Waals surface area contributed by atoms with Gasteiger partial charge in [0.25, 0.3) is 0 Å². The molecule has 16 bridgehead atoms. The monoisotopic (exact) mass is 730 g/mol. The Morgan fingerprint density at radius 3 is 0.768 bits per heavy atom. The maximum atomic E-state index is 13.5. The maximum Gasteiger partial charge on any atom is 0.233 e. The van der Waals surface area contributed by atoms with Crippen LogP contribution in [0, 0.1) is 0 Å². The highest BCUT2D eigenvalue weighted by molar-refractivity contribution is 6.51. The third kappa shape index (κ3) is 5.82. The van der Waals surface area contributed by atoms with E-state index < -0.39 is 46.6 Å². The molecule has 0 saturated carbocycles. The minimum absolute atomic E-state index is 0.146. The summed E-state index contributed by atoms with van der Waals surface area (Å²) in [6.07, 6.45) is -1.50. The van der Waals surface area contributed by atoms with Gasteiger partial charge in [-0.05, 0) is 97.2 Å². The molecule has 23 rings (SSSR count). The standard InChI is InChI=1S/C48H26O8/c49-41-33-9-1-25-17-34(10-2-26(25)18-33)42(50)44(52)36-12-4-30-22-38(14-6-29(30)20-36)46(54)48(56)40-16-8-31-23-39(15-7-32(31)24-40)47(55)45(53)37-13-5-27-19-35(43(41)51)11-3-28(27)21-37/h1-24,41,49H. The number of hydrogen-bond acceptors (Lipinski definition) is 8. The number of hydrogen-bond donors (Lipinski definition) is 1. The summed E-state index contributed by atoms with van der Waals surface area (Å²) in [7, 11) is 0. The lowest BCUT2D eigenvalue weighted by atomic mass is 9.93. The topological polar surface area (TPSA) is 140 Å². The van der Waals surface area contributed by atoms with Crippen molar-refractivity contribution in [2.45, 2.75) is 6.10 Å². The summed E-state index contributed by atoms with van der Waals surface area (Å²) in [4.78, 5) is 93.8. The molecule has 0 fully saturated rings. The van der Waals surface area contributed by atoms with Crippen molar-refractivity contribution in [1.82, 2.24) is 0 Å². The molecule has 8 nitrogen and oxygen atoms in total.